The number of nitrogens with one attached hydrogen (secondary N) is 1. The maximum absolute atomic E-state index is 11.9. The van der Waals surface area contributed by atoms with Gasteiger partial charge in [-0.25, -0.2) is 4.79 Å². The van der Waals surface area contributed by atoms with Crippen molar-refractivity contribution in [1.82, 2.24) is 5.32 Å². The van der Waals surface area contributed by atoms with E-state index >= 15 is 0 Å². The Bertz CT molecular complexity index is 401. The molecule has 0 heterocycles. The average Bonchev–Trinajstić information content (AvgIpc) is 3.11. The second-order valence-corrected chi connectivity index (χ2v) is 4.18. The third-order valence-corrected chi connectivity index (χ3v) is 2.75. The summed E-state index contributed by atoms with van der Waals surface area (Å²) >= 11 is 0. The van der Waals surface area contributed by atoms with E-state index in [-0.39, 0.29) is 11.7 Å². The molecule has 2 rings (SSSR count). The third-order valence-electron chi connectivity index (χ3n) is 2.75. The molecule has 1 unspecified atom stereocenters. The number of benzene rings is 1. The van der Waals surface area contributed by atoms with Crippen LogP contribution in [0.25, 0.3) is 0 Å². The second-order valence-electron chi connectivity index (χ2n) is 4.18. The third kappa shape index (κ3) is 2.97. The lowest BCUT2D eigenvalue weighted by Crippen LogP contribution is -2.31. The van der Waals surface area contributed by atoms with Crippen molar-refractivity contribution in [2.45, 2.75) is 31.8 Å². The Morgan fingerprint density at radius 3 is 2.82 bits per heavy atom. The van der Waals surface area contributed by atoms with Gasteiger partial charge >= 0.3 is 5.97 Å². The number of ether oxygens (including phenoxy) is 1. The van der Waals surface area contributed by atoms with E-state index in [1.807, 2.05) is 0 Å². The fourth-order valence-electron chi connectivity index (χ4n) is 1.73. The minimum absolute atomic E-state index is 0.124. The van der Waals surface area contributed by atoms with Crippen molar-refractivity contribution in [2.24, 2.45) is 0 Å². The first-order valence-corrected chi connectivity index (χ1v) is 5.93. The molecule has 4 heteroatoms. The summed E-state index contributed by atoms with van der Waals surface area (Å²) in [6.07, 6.45) is 2.15. The highest BCUT2D eigenvalue weighted by Gasteiger charge is 2.31. The van der Waals surface area contributed by atoms with Gasteiger partial charge in [-0.2, -0.15) is 0 Å². The van der Waals surface area contributed by atoms with Gasteiger partial charge in [-0.1, -0.05) is 18.2 Å². The van der Waals surface area contributed by atoms with Crippen LogP contribution >= 0.6 is 0 Å². The molecule has 1 saturated carbocycles. The Labute approximate surface area is 101 Å². The van der Waals surface area contributed by atoms with E-state index in [1.165, 1.54) is 0 Å². The summed E-state index contributed by atoms with van der Waals surface area (Å²) in [4.78, 5) is 11.9. The van der Waals surface area contributed by atoms with Gasteiger partial charge in [-0.15, -0.1) is 0 Å². The Hall–Kier alpha value is -1.55. The van der Waals surface area contributed by atoms with Crippen molar-refractivity contribution in [3.05, 3.63) is 29.8 Å². The molecule has 0 radical (unpaired) electrons. The molecule has 4 nitrogen and oxygen atoms in total. The van der Waals surface area contributed by atoms with Crippen LogP contribution in [0.2, 0.25) is 0 Å². The first-order valence-electron chi connectivity index (χ1n) is 5.93. The van der Waals surface area contributed by atoms with E-state index in [0.717, 1.165) is 12.8 Å². The van der Waals surface area contributed by atoms with Crippen LogP contribution in [0.15, 0.2) is 24.3 Å². The van der Waals surface area contributed by atoms with Gasteiger partial charge in [0.1, 0.15) is 11.8 Å². The summed E-state index contributed by atoms with van der Waals surface area (Å²) in [6.45, 7) is 2.12. The van der Waals surface area contributed by atoms with Crippen molar-refractivity contribution in [2.75, 3.05) is 6.61 Å². The van der Waals surface area contributed by atoms with E-state index < -0.39 is 6.04 Å². The summed E-state index contributed by atoms with van der Waals surface area (Å²) in [5, 5.41) is 13.0. The molecule has 1 aliphatic carbocycles. The number of aromatic hydroxyl groups is 1. The summed E-state index contributed by atoms with van der Waals surface area (Å²) in [5.74, 6) is -0.209. The van der Waals surface area contributed by atoms with Gasteiger partial charge in [0.2, 0.25) is 0 Å². The summed E-state index contributed by atoms with van der Waals surface area (Å²) in [5.41, 5.74) is 0.581. The number of rotatable bonds is 5. The number of carbonyl (C=O) groups is 1. The molecular formula is C13H17NO3. The zero-order chi connectivity index (χ0) is 12.3. The number of carbonyl (C=O) groups excluding carboxylic acids is 1. The number of hydrogen-bond donors (Lipinski definition) is 2. The molecular weight excluding hydrogens is 218 g/mol. The van der Waals surface area contributed by atoms with Crippen LogP contribution in [-0.4, -0.2) is 23.7 Å². The summed E-state index contributed by atoms with van der Waals surface area (Å²) < 4.78 is 5.03. The molecule has 1 aromatic rings. The van der Waals surface area contributed by atoms with Gasteiger partial charge < -0.3 is 9.84 Å². The van der Waals surface area contributed by atoms with Gasteiger partial charge in [0.25, 0.3) is 0 Å². The maximum atomic E-state index is 11.9. The summed E-state index contributed by atoms with van der Waals surface area (Å²) in [6, 6.07) is 6.66. The minimum atomic E-state index is -0.566. The van der Waals surface area contributed by atoms with Gasteiger partial charge in [-0.3, -0.25) is 5.32 Å². The molecule has 1 fully saturated rings. The average molecular weight is 235 g/mol. The molecule has 0 bridgehead atoms. The number of phenols is 1. The van der Waals surface area contributed by atoms with E-state index in [2.05, 4.69) is 5.32 Å². The van der Waals surface area contributed by atoms with Crippen molar-refractivity contribution < 1.29 is 14.6 Å². The van der Waals surface area contributed by atoms with Crippen molar-refractivity contribution in [3.8, 4) is 5.75 Å². The van der Waals surface area contributed by atoms with E-state index in [9.17, 15) is 9.90 Å². The maximum Gasteiger partial charge on any atom is 0.327 e. The highest BCUT2D eigenvalue weighted by molar-refractivity contribution is 5.78. The quantitative estimate of drug-likeness (QED) is 0.763. The SMILES string of the molecule is CCOC(=O)C(NC1CC1)c1ccccc1O. The largest absolute Gasteiger partial charge is 0.508 e. The van der Waals surface area contributed by atoms with Crippen LogP contribution in [0.4, 0.5) is 0 Å². The van der Waals surface area contributed by atoms with Crippen LogP contribution in [-0.2, 0) is 9.53 Å². The Balaban J connectivity index is 2.19. The normalized spacial score (nSPS) is 16.5. The van der Waals surface area contributed by atoms with E-state index in [1.54, 1.807) is 31.2 Å². The Kier molecular flexibility index (Phi) is 3.64. The highest BCUT2D eigenvalue weighted by atomic mass is 16.5. The van der Waals surface area contributed by atoms with Crippen LogP contribution < -0.4 is 5.32 Å². The molecule has 0 saturated heterocycles. The van der Waals surface area contributed by atoms with Crippen LogP contribution in [0.5, 0.6) is 5.75 Å². The van der Waals surface area contributed by atoms with Crippen LogP contribution in [0.1, 0.15) is 31.4 Å². The molecule has 92 valence electrons. The van der Waals surface area contributed by atoms with Crippen molar-refractivity contribution >= 4 is 5.97 Å². The molecule has 1 aliphatic rings. The van der Waals surface area contributed by atoms with E-state index in [0.29, 0.717) is 18.2 Å². The molecule has 2 N–H and O–H groups in total. The number of esters is 1. The smallest absolute Gasteiger partial charge is 0.327 e. The van der Waals surface area contributed by atoms with Crippen molar-refractivity contribution in [1.29, 1.82) is 0 Å². The van der Waals surface area contributed by atoms with Gasteiger partial charge in [0.15, 0.2) is 0 Å². The van der Waals surface area contributed by atoms with Gasteiger partial charge in [0, 0.05) is 11.6 Å². The highest BCUT2D eigenvalue weighted by Crippen LogP contribution is 2.29. The van der Waals surface area contributed by atoms with Gasteiger partial charge in [0.05, 0.1) is 6.61 Å². The minimum Gasteiger partial charge on any atom is -0.508 e. The lowest BCUT2D eigenvalue weighted by Gasteiger charge is -2.18. The first-order chi connectivity index (χ1) is 8.22. The fourth-order valence-corrected chi connectivity index (χ4v) is 1.73. The zero-order valence-corrected chi connectivity index (χ0v) is 9.85. The number of hydrogen-bond acceptors (Lipinski definition) is 4. The Morgan fingerprint density at radius 1 is 1.53 bits per heavy atom. The summed E-state index contributed by atoms with van der Waals surface area (Å²) in [7, 11) is 0. The molecule has 17 heavy (non-hydrogen) atoms. The number of phenolic OH excluding ortho intramolecular Hbond substituents is 1. The lowest BCUT2D eigenvalue weighted by molar-refractivity contribution is -0.146. The molecule has 1 atom stereocenters. The fraction of sp³-hybridized carbons (Fsp3) is 0.462. The molecule has 0 aliphatic heterocycles. The first kappa shape index (κ1) is 11.9. The zero-order valence-electron chi connectivity index (χ0n) is 9.85. The lowest BCUT2D eigenvalue weighted by atomic mass is 10.1. The predicted molar refractivity (Wildman–Crippen MR) is 63.6 cm³/mol. The molecule has 1 aromatic carbocycles. The van der Waals surface area contributed by atoms with Crippen LogP contribution in [0, 0.1) is 0 Å². The standard InChI is InChI=1S/C13H17NO3/c1-2-17-13(16)12(14-9-7-8-9)10-5-3-4-6-11(10)15/h3-6,9,12,14-15H,2,7-8H2,1H3. The predicted octanol–water partition coefficient (Wildman–Crippen LogP) is 1.75. The number of para-hydroxylation sites is 1. The molecule has 0 spiro atoms. The second kappa shape index (κ2) is 5.19. The van der Waals surface area contributed by atoms with Crippen molar-refractivity contribution in [3.63, 3.8) is 0 Å². The van der Waals surface area contributed by atoms with E-state index in [4.69, 9.17) is 4.74 Å². The van der Waals surface area contributed by atoms with Crippen LogP contribution in [0.3, 0.4) is 0 Å². The topological polar surface area (TPSA) is 58.6 Å². The monoisotopic (exact) mass is 235 g/mol. The molecule has 0 aromatic heterocycles. The Morgan fingerprint density at radius 2 is 2.24 bits per heavy atom. The van der Waals surface area contributed by atoms with Gasteiger partial charge in [-0.05, 0) is 25.8 Å². The molecule has 0 amide bonds.